The minimum absolute atomic E-state index is 0.00512. The van der Waals surface area contributed by atoms with E-state index < -0.39 is 35.6 Å². The Balaban J connectivity index is 1.29. The second-order valence-corrected chi connectivity index (χ2v) is 7.95. The van der Waals surface area contributed by atoms with Crippen molar-refractivity contribution < 1.29 is 28.5 Å². The van der Waals surface area contributed by atoms with Crippen LogP contribution in [0, 0.1) is 11.6 Å². The van der Waals surface area contributed by atoms with E-state index in [1.807, 2.05) is 48.5 Å². The maximum atomic E-state index is 13.6. The van der Waals surface area contributed by atoms with Crippen molar-refractivity contribution in [1.82, 2.24) is 5.32 Å². The van der Waals surface area contributed by atoms with E-state index in [-0.39, 0.29) is 31.1 Å². The predicted molar refractivity (Wildman–Crippen MR) is 119 cm³/mol. The minimum Gasteiger partial charge on any atom is -0.449 e. The highest BCUT2D eigenvalue weighted by Crippen LogP contribution is 2.44. The summed E-state index contributed by atoms with van der Waals surface area (Å²) in [6.45, 7) is 0.143. The molecule has 0 spiro atoms. The Labute approximate surface area is 189 Å². The van der Waals surface area contributed by atoms with Crippen LogP contribution in [0.2, 0.25) is 0 Å². The molecule has 3 aromatic carbocycles. The van der Waals surface area contributed by atoms with Gasteiger partial charge in [0.05, 0.1) is 6.10 Å². The van der Waals surface area contributed by atoms with Crippen molar-refractivity contribution in [2.75, 3.05) is 18.9 Å². The number of hydrogen-bond acceptors (Lipinski definition) is 5. The molecule has 0 saturated carbocycles. The number of ether oxygens (including phenoxy) is 1. The maximum absolute atomic E-state index is 13.6. The lowest BCUT2D eigenvalue weighted by Crippen LogP contribution is -2.30. The third kappa shape index (κ3) is 4.67. The van der Waals surface area contributed by atoms with E-state index >= 15 is 0 Å². The highest BCUT2D eigenvalue weighted by Gasteiger charge is 2.29. The topological polar surface area (TPSA) is 105 Å². The number of amides is 1. The van der Waals surface area contributed by atoms with Gasteiger partial charge in [0.25, 0.3) is 0 Å². The average molecular weight is 454 g/mol. The molecule has 0 saturated heterocycles. The number of benzene rings is 3. The molecule has 0 aliphatic heterocycles. The van der Waals surface area contributed by atoms with E-state index in [2.05, 4.69) is 5.32 Å². The van der Waals surface area contributed by atoms with Crippen LogP contribution in [0.25, 0.3) is 11.1 Å². The number of rotatable bonds is 7. The number of hydrogen-bond donors (Lipinski definition) is 4. The molecule has 3 aromatic rings. The molecule has 0 aromatic heterocycles. The highest BCUT2D eigenvalue weighted by molar-refractivity contribution is 5.79. The number of anilines is 1. The molecular formula is C25H24F2N2O4. The molecule has 0 fully saturated rings. The predicted octanol–water partition coefficient (Wildman–Crippen LogP) is 3.87. The fraction of sp³-hybridized carbons (Fsp3) is 0.240. The molecule has 33 heavy (non-hydrogen) atoms. The third-order valence-corrected chi connectivity index (χ3v) is 5.86. The number of nitrogen functional groups attached to an aromatic ring is 1. The molecule has 0 radical (unpaired) electrons. The van der Waals surface area contributed by atoms with E-state index in [1.54, 1.807) is 0 Å². The zero-order valence-corrected chi connectivity index (χ0v) is 17.7. The average Bonchev–Trinajstić information content (AvgIpc) is 3.14. The van der Waals surface area contributed by atoms with Gasteiger partial charge >= 0.3 is 6.09 Å². The Kier molecular flexibility index (Phi) is 6.57. The van der Waals surface area contributed by atoms with Crippen LogP contribution in [0.4, 0.5) is 19.3 Å². The summed E-state index contributed by atoms with van der Waals surface area (Å²) >= 11 is 0. The first-order valence-corrected chi connectivity index (χ1v) is 10.6. The molecule has 0 heterocycles. The fourth-order valence-electron chi connectivity index (χ4n) is 4.13. The molecule has 2 unspecified atom stereocenters. The maximum Gasteiger partial charge on any atom is 0.407 e. The summed E-state index contributed by atoms with van der Waals surface area (Å²) in [6.07, 6.45) is -3.62. The molecular weight excluding hydrogens is 430 g/mol. The number of carbonyl (C=O) groups excluding carboxylic acids is 1. The molecule has 5 N–H and O–H groups in total. The standard InChI is InChI=1S/C25H24F2N2O4/c26-20-11-14(12-21(27)23(20)28)24(31)22(30)9-10-29-25(32)33-13-19-17-7-3-1-5-15(17)16-6-2-4-8-18(16)19/h1-8,11-12,19,22,24,30-31H,9-10,13,28H2,(H,29,32). The molecule has 2 atom stereocenters. The van der Waals surface area contributed by atoms with E-state index in [0.29, 0.717) is 0 Å². The number of nitrogens with two attached hydrogens (primary N) is 1. The van der Waals surface area contributed by atoms with Gasteiger partial charge in [-0.25, -0.2) is 13.6 Å². The lowest BCUT2D eigenvalue weighted by atomic mass is 9.98. The van der Waals surface area contributed by atoms with E-state index in [4.69, 9.17) is 10.5 Å². The Morgan fingerprint density at radius 1 is 1.00 bits per heavy atom. The van der Waals surface area contributed by atoms with Crippen molar-refractivity contribution in [3.8, 4) is 11.1 Å². The van der Waals surface area contributed by atoms with Crippen molar-refractivity contribution in [3.05, 3.63) is 89.0 Å². The molecule has 6 nitrogen and oxygen atoms in total. The third-order valence-electron chi connectivity index (χ3n) is 5.86. The van der Waals surface area contributed by atoms with Gasteiger partial charge < -0.3 is 26.0 Å². The fourth-order valence-corrected chi connectivity index (χ4v) is 4.13. The minimum atomic E-state index is -1.54. The van der Waals surface area contributed by atoms with Gasteiger partial charge in [-0.2, -0.15) is 0 Å². The molecule has 8 heteroatoms. The van der Waals surface area contributed by atoms with E-state index in [0.717, 1.165) is 34.4 Å². The van der Waals surface area contributed by atoms with Crippen LogP contribution < -0.4 is 11.1 Å². The Morgan fingerprint density at radius 2 is 1.55 bits per heavy atom. The van der Waals surface area contributed by atoms with Crippen LogP contribution >= 0.6 is 0 Å². The van der Waals surface area contributed by atoms with Gasteiger partial charge in [0.2, 0.25) is 0 Å². The number of halogens is 2. The smallest absolute Gasteiger partial charge is 0.407 e. The summed E-state index contributed by atoms with van der Waals surface area (Å²) in [5.41, 5.74) is 8.83. The summed E-state index contributed by atoms with van der Waals surface area (Å²) in [4.78, 5) is 12.2. The van der Waals surface area contributed by atoms with Crippen molar-refractivity contribution in [2.24, 2.45) is 0 Å². The first-order valence-electron chi connectivity index (χ1n) is 10.6. The second kappa shape index (κ2) is 9.56. The Bertz CT molecular complexity index is 1100. The first kappa shape index (κ1) is 22.7. The van der Waals surface area contributed by atoms with Crippen LogP contribution in [-0.4, -0.2) is 35.6 Å². The van der Waals surface area contributed by atoms with Crippen LogP contribution in [0.3, 0.4) is 0 Å². The van der Waals surface area contributed by atoms with E-state index in [9.17, 15) is 23.8 Å². The SMILES string of the molecule is Nc1c(F)cc(C(O)C(O)CCNC(=O)OCC2c3ccccc3-c3ccccc32)cc1F. The zero-order valence-electron chi connectivity index (χ0n) is 17.7. The van der Waals surface area contributed by atoms with Crippen LogP contribution in [0.1, 0.15) is 35.1 Å². The molecule has 172 valence electrons. The summed E-state index contributed by atoms with van der Waals surface area (Å²) in [5.74, 6) is -2.12. The normalized spacial score (nSPS) is 14.3. The van der Waals surface area contributed by atoms with Crippen LogP contribution in [0.15, 0.2) is 60.7 Å². The Hall–Kier alpha value is -3.49. The van der Waals surface area contributed by atoms with E-state index in [1.165, 1.54) is 0 Å². The van der Waals surface area contributed by atoms with Crippen molar-refractivity contribution in [2.45, 2.75) is 24.5 Å². The lowest BCUT2D eigenvalue weighted by Gasteiger charge is -2.19. The van der Waals surface area contributed by atoms with Crippen LogP contribution in [0.5, 0.6) is 0 Å². The second-order valence-electron chi connectivity index (χ2n) is 7.95. The summed E-state index contributed by atoms with van der Waals surface area (Å²) in [6, 6.07) is 17.7. The first-order chi connectivity index (χ1) is 15.9. The molecule has 1 aliphatic carbocycles. The zero-order chi connectivity index (χ0) is 23.5. The van der Waals surface area contributed by atoms with Crippen molar-refractivity contribution in [1.29, 1.82) is 0 Å². The van der Waals surface area contributed by atoms with Gasteiger partial charge in [-0.3, -0.25) is 0 Å². The summed E-state index contributed by atoms with van der Waals surface area (Å²) in [7, 11) is 0. The monoisotopic (exact) mass is 454 g/mol. The number of carbonyl (C=O) groups is 1. The van der Waals surface area contributed by atoms with Gasteiger partial charge in [0, 0.05) is 12.5 Å². The number of fused-ring (bicyclic) bond motifs is 3. The van der Waals surface area contributed by atoms with Gasteiger partial charge in [-0.05, 0) is 46.4 Å². The van der Waals surface area contributed by atoms with Crippen molar-refractivity contribution in [3.63, 3.8) is 0 Å². The molecule has 0 bridgehead atoms. The quantitative estimate of drug-likeness (QED) is 0.406. The van der Waals surface area contributed by atoms with Gasteiger partial charge in [0.1, 0.15) is 30.0 Å². The number of alkyl carbamates (subject to hydrolysis) is 1. The molecule has 4 rings (SSSR count). The largest absolute Gasteiger partial charge is 0.449 e. The Morgan fingerprint density at radius 3 is 2.12 bits per heavy atom. The van der Waals surface area contributed by atoms with Gasteiger partial charge in [-0.15, -0.1) is 0 Å². The molecule has 1 amide bonds. The molecule has 1 aliphatic rings. The number of aliphatic hydroxyl groups is 2. The summed E-state index contributed by atoms with van der Waals surface area (Å²) < 4.78 is 32.6. The van der Waals surface area contributed by atoms with Gasteiger partial charge in [0.15, 0.2) is 0 Å². The lowest BCUT2D eigenvalue weighted by molar-refractivity contribution is 0.0134. The van der Waals surface area contributed by atoms with Gasteiger partial charge in [-0.1, -0.05) is 48.5 Å². The number of nitrogens with one attached hydrogen (secondary N) is 1. The van der Waals surface area contributed by atoms with Crippen LogP contribution in [-0.2, 0) is 4.74 Å². The number of aliphatic hydroxyl groups excluding tert-OH is 2. The summed E-state index contributed by atoms with van der Waals surface area (Å²) in [5, 5.41) is 22.8. The van der Waals surface area contributed by atoms with Crippen molar-refractivity contribution >= 4 is 11.8 Å². The highest BCUT2D eigenvalue weighted by atomic mass is 19.1.